The number of ether oxygens (including phenoxy) is 1. The first kappa shape index (κ1) is 17.3. The van der Waals surface area contributed by atoms with Crippen LogP contribution in [0.2, 0.25) is 5.02 Å². The van der Waals surface area contributed by atoms with E-state index in [0.29, 0.717) is 16.2 Å². The molecular formula is C19H25ClN2O2. The van der Waals surface area contributed by atoms with E-state index in [4.69, 9.17) is 22.1 Å². The van der Waals surface area contributed by atoms with Crippen molar-refractivity contribution in [2.24, 2.45) is 11.1 Å². The van der Waals surface area contributed by atoms with Gasteiger partial charge in [-0.3, -0.25) is 4.79 Å². The average molecular weight is 349 g/mol. The number of pyridine rings is 1. The number of H-pyrrole nitrogens is 1. The third-order valence-corrected chi connectivity index (χ3v) is 5.82. The van der Waals surface area contributed by atoms with E-state index in [1.54, 1.807) is 12.3 Å². The number of aromatic nitrogens is 1. The average Bonchev–Trinajstić information content (AvgIpc) is 2.58. The van der Waals surface area contributed by atoms with Crippen molar-refractivity contribution in [3.8, 4) is 5.75 Å². The van der Waals surface area contributed by atoms with Gasteiger partial charge in [-0.2, -0.15) is 0 Å². The molecular weight excluding hydrogens is 324 g/mol. The van der Waals surface area contributed by atoms with Crippen LogP contribution in [-0.2, 0) is 0 Å². The van der Waals surface area contributed by atoms with Gasteiger partial charge in [0.2, 0.25) is 0 Å². The lowest BCUT2D eigenvalue weighted by Gasteiger charge is -2.41. The Balaban J connectivity index is 1.75. The van der Waals surface area contributed by atoms with Crippen LogP contribution < -0.4 is 16.0 Å². The SMILES string of the molecule is CC[C@@H](N)C1(C)CCC(Oc2cc3cc[nH]c(=O)c3cc2Cl)CC1. The molecule has 2 aromatic rings. The van der Waals surface area contributed by atoms with Gasteiger partial charge in [-0.25, -0.2) is 0 Å². The second-order valence-corrected chi connectivity index (χ2v) is 7.57. The molecule has 1 atom stereocenters. The molecule has 0 amide bonds. The van der Waals surface area contributed by atoms with Crippen molar-refractivity contribution < 1.29 is 4.74 Å². The first-order valence-electron chi connectivity index (χ1n) is 8.66. The zero-order valence-electron chi connectivity index (χ0n) is 14.3. The van der Waals surface area contributed by atoms with Crippen LogP contribution in [0, 0.1) is 5.41 Å². The van der Waals surface area contributed by atoms with Crippen LogP contribution in [-0.4, -0.2) is 17.1 Å². The maximum Gasteiger partial charge on any atom is 0.255 e. The summed E-state index contributed by atoms with van der Waals surface area (Å²) in [4.78, 5) is 14.5. The van der Waals surface area contributed by atoms with E-state index < -0.39 is 0 Å². The minimum Gasteiger partial charge on any atom is -0.489 e. The quantitative estimate of drug-likeness (QED) is 0.868. The standard InChI is InChI=1S/C19H25ClN2O2/c1-3-17(21)19(2)7-4-13(5-8-19)24-16-10-12-6-9-22-18(23)14(12)11-15(16)20/h6,9-11,13,17H,3-5,7-8,21H2,1-2H3,(H,22,23)/t13?,17-,19?/m1/s1. The van der Waals surface area contributed by atoms with Crippen LogP contribution in [0.5, 0.6) is 5.75 Å². The van der Waals surface area contributed by atoms with Crippen molar-refractivity contribution in [3.05, 3.63) is 39.8 Å². The van der Waals surface area contributed by atoms with Crippen molar-refractivity contribution in [2.45, 2.75) is 58.1 Å². The highest BCUT2D eigenvalue weighted by Crippen LogP contribution is 2.41. The fourth-order valence-electron chi connectivity index (χ4n) is 3.69. The van der Waals surface area contributed by atoms with Crippen LogP contribution in [0.3, 0.4) is 0 Å². The first-order chi connectivity index (χ1) is 11.4. The minimum absolute atomic E-state index is 0.136. The number of rotatable bonds is 4. The molecule has 1 fully saturated rings. The molecule has 4 nitrogen and oxygen atoms in total. The number of benzene rings is 1. The van der Waals surface area contributed by atoms with Crippen LogP contribution in [0.15, 0.2) is 29.2 Å². The molecule has 130 valence electrons. The molecule has 1 aromatic carbocycles. The Morgan fingerprint density at radius 3 is 2.79 bits per heavy atom. The third kappa shape index (κ3) is 3.31. The van der Waals surface area contributed by atoms with E-state index in [-0.39, 0.29) is 23.1 Å². The number of aromatic amines is 1. The maximum atomic E-state index is 11.8. The largest absolute Gasteiger partial charge is 0.489 e. The molecule has 1 aliphatic rings. The monoisotopic (exact) mass is 348 g/mol. The summed E-state index contributed by atoms with van der Waals surface area (Å²) in [7, 11) is 0. The molecule has 3 N–H and O–H groups in total. The van der Waals surface area contributed by atoms with Gasteiger partial charge in [0.1, 0.15) is 5.75 Å². The zero-order chi connectivity index (χ0) is 17.3. The molecule has 1 heterocycles. The smallest absolute Gasteiger partial charge is 0.255 e. The molecule has 0 spiro atoms. The summed E-state index contributed by atoms with van der Waals surface area (Å²) in [5.74, 6) is 0.656. The summed E-state index contributed by atoms with van der Waals surface area (Å²) in [5.41, 5.74) is 6.35. The van der Waals surface area contributed by atoms with E-state index >= 15 is 0 Å². The molecule has 0 unspecified atom stereocenters. The van der Waals surface area contributed by atoms with Gasteiger partial charge in [-0.05, 0) is 61.1 Å². The predicted molar refractivity (Wildman–Crippen MR) is 98.8 cm³/mol. The molecule has 0 radical (unpaired) electrons. The van der Waals surface area contributed by atoms with Crippen LogP contribution in [0.25, 0.3) is 10.8 Å². The van der Waals surface area contributed by atoms with E-state index in [0.717, 1.165) is 37.5 Å². The summed E-state index contributed by atoms with van der Waals surface area (Å²) in [5, 5.41) is 1.91. The highest BCUT2D eigenvalue weighted by molar-refractivity contribution is 6.32. The second-order valence-electron chi connectivity index (χ2n) is 7.16. The molecule has 1 saturated carbocycles. The summed E-state index contributed by atoms with van der Waals surface area (Å²) in [6, 6.07) is 5.65. The van der Waals surface area contributed by atoms with Gasteiger partial charge in [0.25, 0.3) is 5.56 Å². The molecule has 5 heteroatoms. The predicted octanol–water partition coefficient (Wildman–Crippen LogP) is 4.25. The van der Waals surface area contributed by atoms with Crippen molar-refractivity contribution in [3.63, 3.8) is 0 Å². The highest BCUT2D eigenvalue weighted by Gasteiger charge is 2.36. The normalized spacial score (nSPS) is 25.6. The summed E-state index contributed by atoms with van der Waals surface area (Å²) in [6.07, 6.45) is 6.89. The van der Waals surface area contributed by atoms with Crippen molar-refractivity contribution in [1.29, 1.82) is 0 Å². The topological polar surface area (TPSA) is 68.1 Å². The lowest BCUT2D eigenvalue weighted by Crippen LogP contribution is -2.43. The Labute approximate surface area is 147 Å². The third-order valence-electron chi connectivity index (χ3n) is 5.53. The summed E-state index contributed by atoms with van der Waals surface area (Å²) in [6.45, 7) is 4.43. The van der Waals surface area contributed by atoms with Crippen LogP contribution in [0.4, 0.5) is 0 Å². The number of fused-ring (bicyclic) bond motifs is 1. The maximum absolute atomic E-state index is 11.8. The van der Waals surface area contributed by atoms with Crippen molar-refractivity contribution >= 4 is 22.4 Å². The lowest BCUT2D eigenvalue weighted by molar-refractivity contribution is 0.0721. The number of hydrogen-bond acceptors (Lipinski definition) is 3. The molecule has 1 aromatic heterocycles. The number of hydrogen-bond donors (Lipinski definition) is 2. The number of halogens is 1. The van der Waals surface area contributed by atoms with E-state index in [1.165, 1.54) is 0 Å². The van der Waals surface area contributed by atoms with Gasteiger partial charge in [0.05, 0.1) is 11.1 Å². The Kier molecular flexibility index (Phi) is 4.88. The highest BCUT2D eigenvalue weighted by atomic mass is 35.5. The number of nitrogens with two attached hydrogens (primary N) is 1. The molecule has 0 aliphatic heterocycles. The van der Waals surface area contributed by atoms with Gasteiger partial charge in [0.15, 0.2) is 0 Å². The Morgan fingerprint density at radius 1 is 1.42 bits per heavy atom. The van der Waals surface area contributed by atoms with Crippen molar-refractivity contribution in [2.75, 3.05) is 0 Å². The van der Waals surface area contributed by atoms with E-state index in [2.05, 4.69) is 18.8 Å². The van der Waals surface area contributed by atoms with E-state index in [1.807, 2.05) is 12.1 Å². The van der Waals surface area contributed by atoms with Gasteiger partial charge < -0.3 is 15.5 Å². The summed E-state index contributed by atoms with van der Waals surface area (Å²) >= 11 is 6.33. The Hall–Kier alpha value is -1.52. The zero-order valence-corrected chi connectivity index (χ0v) is 15.0. The van der Waals surface area contributed by atoms with Gasteiger partial charge in [0, 0.05) is 17.6 Å². The Bertz CT molecular complexity index is 779. The molecule has 0 saturated heterocycles. The fourth-order valence-corrected chi connectivity index (χ4v) is 3.90. The van der Waals surface area contributed by atoms with Crippen molar-refractivity contribution in [1.82, 2.24) is 4.98 Å². The lowest BCUT2D eigenvalue weighted by atomic mass is 9.69. The second kappa shape index (κ2) is 6.77. The van der Waals surface area contributed by atoms with Crippen LogP contribution >= 0.6 is 11.6 Å². The number of nitrogens with one attached hydrogen (secondary N) is 1. The summed E-state index contributed by atoms with van der Waals surface area (Å²) < 4.78 is 6.16. The van der Waals surface area contributed by atoms with Gasteiger partial charge >= 0.3 is 0 Å². The molecule has 3 rings (SSSR count). The Morgan fingerprint density at radius 2 is 2.12 bits per heavy atom. The van der Waals surface area contributed by atoms with E-state index in [9.17, 15) is 4.79 Å². The fraction of sp³-hybridized carbons (Fsp3) is 0.526. The van der Waals surface area contributed by atoms with Gasteiger partial charge in [-0.15, -0.1) is 0 Å². The molecule has 24 heavy (non-hydrogen) atoms. The van der Waals surface area contributed by atoms with Crippen LogP contribution in [0.1, 0.15) is 46.0 Å². The van der Waals surface area contributed by atoms with Gasteiger partial charge in [-0.1, -0.05) is 25.4 Å². The minimum atomic E-state index is -0.136. The first-order valence-corrected chi connectivity index (χ1v) is 9.04. The molecule has 0 bridgehead atoms. The molecule has 1 aliphatic carbocycles.